The number of hydrogen-bond acceptors (Lipinski definition) is 3. The molecule has 0 saturated carbocycles. The van der Waals surface area contributed by atoms with Crippen LogP contribution in [0.25, 0.3) is 11.5 Å². The molecule has 0 saturated heterocycles. The van der Waals surface area contributed by atoms with E-state index in [0.717, 1.165) is 5.56 Å². The van der Waals surface area contributed by atoms with E-state index in [1.807, 2.05) is 42.5 Å². The van der Waals surface area contributed by atoms with Crippen molar-refractivity contribution in [3.05, 3.63) is 65.7 Å². The van der Waals surface area contributed by atoms with Gasteiger partial charge in [-0.1, -0.05) is 54.6 Å². The molecule has 96 valence electrons. The van der Waals surface area contributed by atoms with Crippen LogP contribution in [0, 0.1) is 0 Å². The predicted molar refractivity (Wildman–Crippen MR) is 77.5 cm³/mol. The zero-order chi connectivity index (χ0) is 13.7. The molecule has 2 aromatic rings. The lowest BCUT2D eigenvalue weighted by molar-refractivity contribution is 0.411. The van der Waals surface area contributed by atoms with Crippen LogP contribution in [-0.2, 0) is 0 Å². The third-order valence-corrected chi connectivity index (χ3v) is 2.82. The van der Waals surface area contributed by atoms with Crippen molar-refractivity contribution in [2.24, 2.45) is 0 Å². The molecule has 0 heterocycles. The molecule has 0 unspecified atom stereocenters. The fraction of sp³-hybridized carbons (Fsp3) is 0.0667. The van der Waals surface area contributed by atoms with Gasteiger partial charge in [-0.3, -0.25) is 0 Å². The van der Waals surface area contributed by atoms with E-state index in [1.54, 1.807) is 25.3 Å². The van der Waals surface area contributed by atoms with Gasteiger partial charge in [0.25, 0.3) is 0 Å². The highest BCUT2D eigenvalue weighted by Gasteiger charge is 2.19. The molecule has 2 aromatic carbocycles. The molecule has 0 radical (unpaired) electrons. The van der Waals surface area contributed by atoms with Crippen LogP contribution in [0.4, 0.5) is 0 Å². The summed E-state index contributed by atoms with van der Waals surface area (Å²) in [4.78, 5) is 0. The SMILES string of the molecule is COc1ccccc1/C(=C/c1ccccc1)B(O)O. The lowest BCUT2D eigenvalue weighted by atomic mass is 9.74. The molecule has 0 amide bonds. The van der Waals surface area contributed by atoms with E-state index < -0.39 is 7.12 Å². The van der Waals surface area contributed by atoms with Crippen molar-refractivity contribution in [3.63, 3.8) is 0 Å². The fourth-order valence-electron chi connectivity index (χ4n) is 1.90. The molecule has 0 aromatic heterocycles. The number of hydrogen-bond donors (Lipinski definition) is 2. The van der Waals surface area contributed by atoms with Crippen molar-refractivity contribution in [2.45, 2.75) is 0 Å². The second kappa shape index (κ2) is 6.23. The standard InChI is InChI=1S/C15H15BO3/c1-19-15-10-6-5-9-13(15)14(16(17)18)11-12-7-3-2-4-8-12/h2-11,17-18H,1H3/b14-11-. The van der Waals surface area contributed by atoms with Crippen LogP contribution in [0.2, 0.25) is 0 Å². The van der Waals surface area contributed by atoms with Gasteiger partial charge >= 0.3 is 7.12 Å². The Morgan fingerprint density at radius 2 is 1.63 bits per heavy atom. The summed E-state index contributed by atoms with van der Waals surface area (Å²) in [6, 6.07) is 16.8. The van der Waals surface area contributed by atoms with Gasteiger partial charge in [-0.05, 0) is 17.1 Å². The van der Waals surface area contributed by atoms with Crippen molar-refractivity contribution in [2.75, 3.05) is 7.11 Å². The average molecular weight is 254 g/mol. The van der Waals surface area contributed by atoms with E-state index >= 15 is 0 Å². The molecule has 2 rings (SSSR count). The zero-order valence-corrected chi connectivity index (χ0v) is 10.7. The van der Waals surface area contributed by atoms with Gasteiger partial charge in [0, 0.05) is 5.56 Å². The van der Waals surface area contributed by atoms with Crippen molar-refractivity contribution >= 4 is 18.7 Å². The summed E-state index contributed by atoms with van der Waals surface area (Å²) in [5, 5.41) is 19.2. The lowest BCUT2D eigenvalue weighted by Gasteiger charge is -2.11. The van der Waals surface area contributed by atoms with Crippen molar-refractivity contribution in [3.8, 4) is 5.75 Å². The third-order valence-electron chi connectivity index (χ3n) is 2.82. The Hall–Kier alpha value is -2.04. The number of methoxy groups -OCH3 is 1. The Morgan fingerprint density at radius 3 is 2.26 bits per heavy atom. The van der Waals surface area contributed by atoms with Gasteiger partial charge in [0.1, 0.15) is 5.75 Å². The van der Waals surface area contributed by atoms with E-state index in [0.29, 0.717) is 16.8 Å². The molecule has 0 fully saturated rings. The quantitative estimate of drug-likeness (QED) is 0.649. The van der Waals surface area contributed by atoms with Crippen LogP contribution in [0.1, 0.15) is 11.1 Å². The molecule has 0 aliphatic carbocycles. The molecule has 0 aliphatic heterocycles. The number of ether oxygens (including phenoxy) is 1. The zero-order valence-electron chi connectivity index (χ0n) is 10.7. The van der Waals surface area contributed by atoms with Crippen LogP contribution in [0.3, 0.4) is 0 Å². The highest BCUT2D eigenvalue weighted by atomic mass is 16.5. The molecule has 2 N–H and O–H groups in total. The lowest BCUT2D eigenvalue weighted by Crippen LogP contribution is -2.14. The molecule has 0 atom stereocenters. The van der Waals surface area contributed by atoms with Gasteiger partial charge < -0.3 is 14.8 Å². The first-order valence-electron chi connectivity index (χ1n) is 5.98. The average Bonchev–Trinajstić information content (AvgIpc) is 2.45. The minimum absolute atomic E-state index is 0.406. The topological polar surface area (TPSA) is 49.7 Å². The second-order valence-corrected chi connectivity index (χ2v) is 4.08. The summed E-state index contributed by atoms with van der Waals surface area (Å²) in [6.07, 6.45) is 1.74. The number of rotatable bonds is 4. The monoisotopic (exact) mass is 254 g/mol. The molecular weight excluding hydrogens is 239 g/mol. The van der Waals surface area contributed by atoms with Crippen LogP contribution in [-0.4, -0.2) is 24.3 Å². The maximum atomic E-state index is 9.58. The van der Waals surface area contributed by atoms with Gasteiger partial charge in [0.05, 0.1) is 7.11 Å². The van der Waals surface area contributed by atoms with Crippen LogP contribution in [0.15, 0.2) is 54.6 Å². The first-order chi connectivity index (χ1) is 9.22. The summed E-state index contributed by atoms with van der Waals surface area (Å²) in [5.41, 5.74) is 1.98. The Balaban J connectivity index is 2.49. The summed E-state index contributed by atoms with van der Waals surface area (Å²) >= 11 is 0. The van der Waals surface area contributed by atoms with Gasteiger partial charge in [0.2, 0.25) is 0 Å². The van der Waals surface area contributed by atoms with Crippen molar-refractivity contribution in [1.29, 1.82) is 0 Å². The summed E-state index contributed by atoms with van der Waals surface area (Å²) < 4.78 is 5.25. The Morgan fingerprint density at radius 1 is 1.00 bits per heavy atom. The van der Waals surface area contributed by atoms with E-state index in [-0.39, 0.29) is 0 Å². The summed E-state index contributed by atoms with van der Waals surface area (Å²) in [5.74, 6) is 0.609. The van der Waals surface area contributed by atoms with E-state index in [9.17, 15) is 10.0 Å². The minimum atomic E-state index is -1.56. The number of para-hydroxylation sites is 1. The Bertz CT molecular complexity index is 565. The van der Waals surface area contributed by atoms with Gasteiger partial charge in [-0.15, -0.1) is 0 Å². The second-order valence-electron chi connectivity index (χ2n) is 4.08. The molecular formula is C15H15BO3. The van der Waals surface area contributed by atoms with Crippen molar-refractivity contribution < 1.29 is 14.8 Å². The molecule has 19 heavy (non-hydrogen) atoms. The van der Waals surface area contributed by atoms with E-state index in [2.05, 4.69) is 0 Å². The minimum Gasteiger partial charge on any atom is -0.496 e. The largest absolute Gasteiger partial charge is 0.496 e. The van der Waals surface area contributed by atoms with Gasteiger partial charge in [-0.2, -0.15) is 0 Å². The molecule has 0 bridgehead atoms. The van der Waals surface area contributed by atoms with Crippen LogP contribution >= 0.6 is 0 Å². The first kappa shape index (κ1) is 13.4. The maximum Gasteiger partial charge on any atom is 0.489 e. The van der Waals surface area contributed by atoms with Gasteiger partial charge in [0.15, 0.2) is 0 Å². The van der Waals surface area contributed by atoms with Crippen LogP contribution < -0.4 is 4.74 Å². The van der Waals surface area contributed by atoms with Crippen LogP contribution in [0.5, 0.6) is 5.75 Å². The third kappa shape index (κ3) is 3.25. The fourth-order valence-corrected chi connectivity index (χ4v) is 1.90. The number of benzene rings is 2. The highest BCUT2D eigenvalue weighted by Crippen LogP contribution is 2.28. The Kier molecular flexibility index (Phi) is 4.39. The predicted octanol–water partition coefficient (Wildman–Crippen LogP) is 2.25. The summed E-state index contributed by atoms with van der Waals surface area (Å²) in [7, 11) is -0.000531. The molecule has 4 heteroatoms. The van der Waals surface area contributed by atoms with E-state index in [4.69, 9.17) is 4.74 Å². The van der Waals surface area contributed by atoms with E-state index in [1.165, 1.54) is 0 Å². The van der Waals surface area contributed by atoms with Gasteiger partial charge in [-0.25, -0.2) is 0 Å². The smallest absolute Gasteiger partial charge is 0.489 e. The maximum absolute atomic E-state index is 9.58. The molecule has 0 aliphatic rings. The first-order valence-corrected chi connectivity index (χ1v) is 5.98. The summed E-state index contributed by atoms with van der Waals surface area (Å²) in [6.45, 7) is 0. The normalized spacial score (nSPS) is 11.2. The van der Waals surface area contributed by atoms with Crippen molar-refractivity contribution in [1.82, 2.24) is 0 Å². The molecule has 3 nitrogen and oxygen atoms in total. The Labute approximate surface area is 112 Å². The molecule has 0 spiro atoms. The highest BCUT2D eigenvalue weighted by molar-refractivity contribution is 6.67.